The number of rotatable bonds is 5. The second kappa shape index (κ2) is 6.27. The zero-order chi connectivity index (χ0) is 16.4. The number of carbonyl (C=O) groups is 1. The predicted molar refractivity (Wildman–Crippen MR) is 79.2 cm³/mol. The van der Waals surface area contributed by atoms with E-state index in [4.69, 9.17) is 17.3 Å². The molecule has 1 amide bonds. The summed E-state index contributed by atoms with van der Waals surface area (Å²) in [6, 6.07) is 1.79. The molecule has 1 rings (SSSR count). The van der Waals surface area contributed by atoms with Crippen molar-refractivity contribution in [2.24, 2.45) is 5.73 Å². The largest absolute Gasteiger partial charge is 0.325 e. The number of amides is 1. The van der Waals surface area contributed by atoms with Gasteiger partial charge >= 0.3 is 0 Å². The molecule has 118 valence electrons. The van der Waals surface area contributed by atoms with Gasteiger partial charge in [-0.2, -0.15) is 0 Å². The Morgan fingerprint density at radius 1 is 1.43 bits per heavy atom. The number of benzene rings is 1. The Morgan fingerprint density at radius 2 is 2.00 bits per heavy atom. The number of sulfonamides is 1. The van der Waals surface area contributed by atoms with Crippen LogP contribution in [0.25, 0.3) is 0 Å². The zero-order valence-corrected chi connectivity index (χ0v) is 13.4. The van der Waals surface area contributed by atoms with Gasteiger partial charge in [0.05, 0.1) is 10.7 Å². The third-order valence-electron chi connectivity index (χ3n) is 2.34. The summed E-state index contributed by atoms with van der Waals surface area (Å²) in [5.74, 6) is -1.47. The highest BCUT2D eigenvalue weighted by Crippen LogP contribution is 2.28. The minimum atomic E-state index is -4.09. The van der Waals surface area contributed by atoms with E-state index in [1.165, 1.54) is 6.92 Å². The van der Waals surface area contributed by atoms with E-state index in [-0.39, 0.29) is 17.3 Å². The highest BCUT2D eigenvalue weighted by molar-refractivity contribution is 7.89. The van der Waals surface area contributed by atoms with Crippen LogP contribution in [0, 0.1) is 5.82 Å². The van der Waals surface area contributed by atoms with Gasteiger partial charge in [-0.3, -0.25) is 4.79 Å². The zero-order valence-electron chi connectivity index (χ0n) is 11.8. The predicted octanol–water partition coefficient (Wildman–Crippen LogP) is 1.45. The van der Waals surface area contributed by atoms with Crippen molar-refractivity contribution in [1.82, 2.24) is 4.72 Å². The number of anilines is 1. The minimum absolute atomic E-state index is 0.000212. The molecule has 0 heterocycles. The summed E-state index contributed by atoms with van der Waals surface area (Å²) in [6.07, 6.45) is 0. The summed E-state index contributed by atoms with van der Waals surface area (Å²) < 4.78 is 40.2. The molecule has 4 N–H and O–H groups in total. The van der Waals surface area contributed by atoms with Gasteiger partial charge in [0, 0.05) is 25.1 Å². The average Bonchev–Trinajstić information content (AvgIpc) is 2.29. The molecule has 0 fully saturated rings. The maximum atomic E-state index is 13.9. The molecule has 0 aliphatic carbocycles. The van der Waals surface area contributed by atoms with Gasteiger partial charge in [0.25, 0.3) is 0 Å². The van der Waals surface area contributed by atoms with Crippen LogP contribution in [-0.2, 0) is 14.8 Å². The molecule has 0 unspecified atom stereocenters. The number of hydrogen-bond donors (Lipinski definition) is 3. The van der Waals surface area contributed by atoms with Crippen molar-refractivity contribution in [3.63, 3.8) is 0 Å². The second-order valence-corrected chi connectivity index (χ2v) is 7.40. The molecule has 0 saturated carbocycles. The van der Waals surface area contributed by atoms with Crippen LogP contribution < -0.4 is 15.8 Å². The number of hydrogen-bond acceptors (Lipinski definition) is 4. The first-order chi connectivity index (χ1) is 9.42. The summed E-state index contributed by atoms with van der Waals surface area (Å²) in [6.45, 7) is 4.40. The Morgan fingerprint density at radius 3 is 2.48 bits per heavy atom. The van der Waals surface area contributed by atoms with Crippen molar-refractivity contribution < 1.29 is 17.6 Å². The van der Waals surface area contributed by atoms with Crippen molar-refractivity contribution >= 4 is 33.2 Å². The van der Waals surface area contributed by atoms with Crippen molar-refractivity contribution in [1.29, 1.82) is 0 Å². The molecule has 0 aliphatic rings. The molecule has 21 heavy (non-hydrogen) atoms. The molecule has 0 radical (unpaired) electrons. The first kappa shape index (κ1) is 17.8. The molecular weight excluding hydrogens is 321 g/mol. The molecule has 0 aliphatic heterocycles. The fourth-order valence-corrected chi connectivity index (χ4v) is 2.96. The molecule has 0 bridgehead atoms. The first-order valence-corrected chi connectivity index (χ1v) is 7.84. The van der Waals surface area contributed by atoms with E-state index in [2.05, 4.69) is 10.0 Å². The van der Waals surface area contributed by atoms with Crippen LogP contribution in [0.3, 0.4) is 0 Å². The Labute approximate surface area is 127 Å². The second-order valence-electron chi connectivity index (χ2n) is 5.26. The SMILES string of the molecule is CC(=O)Nc1cc(F)c(S(=O)(=O)NCC(C)(C)N)cc1Cl. The molecule has 9 heteroatoms. The molecule has 0 atom stereocenters. The number of carbonyl (C=O) groups excluding carboxylic acids is 1. The summed E-state index contributed by atoms with van der Waals surface area (Å²) >= 11 is 5.84. The summed E-state index contributed by atoms with van der Waals surface area (Å²) in [5.41, 5.74) is 4.88. The lowest BCUT2D eigenvalue weighted by atomic mass is 10.1. The fraction of sp³-hybridized carbons (Fsp3) is 0.417. The van der Waals surface area contributed by atoms with E-state index in [1.54, 1.807) is 13.8 Å². The van der Waals surface area contributed by atoms with Crippen LogP contribution in [0.15, 0.2) is 17.0 Å². The van der Waals surface area contributed by atoms with E-state index in [9.17, 15) is 17.6 Å². The van der Waals surface area contributed by atoms with Crippen LogP contribution in [0.4, 0.5) is 10.1 Å². The minimum Gasteiger partial charge on any atom is -0.325 e. The van der Waals surface area contributed by atoms with Gasteiger partial charge in [-0.25, -0.2) is 17.5 Å². The summed E-state index contributed by atoms with van der Waals surface area (Å²) in [5, 5.41) is 2.22. The molecule has 0 spiro atoms. The van der Waals surface area contributed by atoms with Crippen LogP contribution in [-0.4, -0.2) is 26.4 Å². The lowest BCUT2D eigenvalue weighted by Crippen LogP contribution is -2.45. The van der Waals surface area contributed by atoms with Crippen molar-refractivity contribution in [3.05, 3.63) is 23.0 Å². The molecule has 1 aromatic rings. The number of halogens is 2. The number of nitrogens with one attached hydrogen (secondary N) is 2. The third-order valence-corrected chi connectivity index (χ3v) is 4.07. The Hall–Kier alpha value is -1.22. The van der Waals surface area contributed by atoms with Crippen LogP contribution in [0.5, 0.6) is 0 Å². The maximum absolute atomic E-state index is 13.9. The highest BCUT2D eigenvalue weighted by Gasteiger charge is 2.23. The Balaban J connectivity index is 3.14. The first-order valence-electron chi connectivity index (χ1n) is 5.97. The monoisotopic (exact) mass is 337 g/mol. The van der Waals surface area contributed by atoms with Gasteiger partial charge in [-0.05, 0) is 19.9 Å². The third kappa shape index (κ3) is 5.24. The molecule has 0 aromatic heterocycles. The van der Waals surface area contributed by atoms with Gasteiger partial charge in [0.2, 0.25) is 15.9 Å². The van der Waals surface area contributed by atoms with Crippen LogP contribution >= 0.6 is 11.6 Å². The van der Waals surface area contributed by atoms with E-state index >= 15 is 0 Å². The summed E-state index contributed by atoms with van der Waals surface area (Å²) in [4.78, 5) is 10.3. The van der Waals surface area contributed by atoms with E-state index in [0.717, 1.165) is 12.1 Å². The van der Waals surface area contributed by atoms with E-state index in [0.29, 0.717) is 0 Å². The maximum Gasteiger partial charge on any atom is 0.243 e. The van der Waals surface area contributed by atoms with Gasteiger partial charge in [-0.15, -0.1) is 0 Å². The van der Waals surface area contributed by atoms with Crippen LogP contribution in [0.1, 0.15) is 20.8 Å². The smallest absolute Gasteiger partial charge is 0.243 e. The lowest BCUT2D eigenvalue weighted by molar-refractivity contribution is -0.114. The van der Waals surface area contributed by atoms with Crippen molar-refractivity contribution in [3.8, 4) is 0 Å². The van der Waals surface area contributed by atoms with E-state index < -0.39 is 32.2 Å². The topological polar surface area (TPSA) is 101 Å². The molecule has 0 saturated heterocycles. The average molecular weight is 338 g/mol. The number of nitrogens with two attached hydrogens (primary N) is 1. The van der Waals surface area contributed by atoms with E-state index in [1.807, 2.05) is 0 Å². The quantitative estimate of drug-likeness (QED) is 0.757. The van der Waals surface area contributed by atoms with Crippen molar-refractivity contribution in [2.75, 3.05) is 11.9 Å². The van der Waals surface area contributed by atoms with Gasteiger partial charge in [-0.1, -0.05) is 11.6 Å². The van der Waals surface area contributed by atoms with Gasteiger partial charge < -0.3 is 11.1 Å². The molecule has 1 aromatic carbocycles. The Kier molecular flexibility index (Phi) is 5.32. The summed E-state index contributed by atoms with van der Waals surface area (Å²) in [7, 11) is -4.09. The standard InChI is InChI=1S/C12H17ClFN3O3S/c1-7(18)17-10-5-9(14)11(4-8(10)13)21(19,20)16-6-12(2,3)15/h4-5,16H,6,15H2,1-3H3,(H,17,18). The molecular formula is C12H17ClFN3O3S. The van der Waals surface area contributed by atoms with Gasteiger partial charge in [0.1, 0.15) is 10.7 Å². The molecule has 6 nitrogen and oxygen atoms in total. The normalized spacial score (nSPS) is 12.3. The lowest BCUT2D eigenvalue weighted by Gasteiger charge is -2.19. The van der Waals surface area contributed by atoms with Crippen LogP contribution in [0.2, 0.25) is 5.02 Å². The van der Waals surface area contributed by atoms with Gasteiger partial charge in [0.15, 0.2) is 0 Å². The Bertz CT molecular complexity index is 656. The fourth-order valence-electron chi connectivity index (χ4n) is 1.38. The highest BCUT2D eigenvalue weighted by atomic mass is 35.5. The van der Waals surface area contributed by atoms with Crippen molar-refractivity contribution in [2.45, 2.75) is 31.2 Å².